The summed E-state index contributed by atoms with van der Waals surface area (Å²) in [5.74, 6) is 0. The van der Waals surface area contributed by atoms with Crippen molar-refractivity contribution in [1.29, 1.82) is 0 Å². The third kappa shape index (κ3) is 4.99. The van der Waals surface area contributed by atoms with Gasteiger partial charge in [0.25, 0.3) is 0 Å². The number of hydrogen-bond donors (Lipinski definition) is 1. The van der Waals surface area contributed by atoms with Crippen LogP contribution in [0.2, 0.25) is 5.02 Å². The van der Waals surface area contributed by atoms with Crippen molar-refractivity contribution in [2.75, 3.05) is 24.5 Å². The summed E-state index contributed by atoms with van der Waals surface area (Å²) in [6.07, 6.45) is 5.60. The van der Waals surface area contributed by atoms with Gasteiger partial charge in [0.05, 0.1) is 16.8 Å². The topological polar surface area (TPSA) is 65.9 Å². The molecular formula is C27H32ClN3O3S. The number of aryl methyl sites for hydroxylation is 1. The number of hydrogen-bond acceptors (Lipinski definition) is 6. The van der Waals surface area contributed by atoms with Gasteiger partial charge < -0.3 is 19.6 Å². The summed E-state index contributed by atoms with van der Waals surface area (Å²) in [5.41, 5.74) is 5.03. The van der Waals surface area contributed by atoms with E-state index in [9.17, 15) is 9.90 Å². The molecular weight excluding hydrogens is 482 g/mol. The first-order valence-corrected chi connectivity index (χ1v) is 13.5. The molecule has 2 aliphatic rings. The fraction of sp³-hybridized carbons (Fsp3) is 0.481. The lowest BCUT2D eigenvalue weighted by molar-refractivity contribution is 0.0197. The van der Waals surface area contributed by atoms with Gasteiger partial charge >= 0.3 is 6.09 Å². The molecule has 3 aromatic rings. The summed E-state index contributed by atoms with van der Waals surface area (Å²) in [5, 5.41) is 10.4. The third-order valence-electron chi connectivity index (χ3n) is 6.68. The Hall–Kier alpha value is -2.35. The molecule has 8 heteroatoms. The minimum atomic E-state index is -0.507. The van der Waals surface area contributed by atoms with Crippen molar-refractivity contribution in [3.63, 3.8) is 0 Å². The van der Waals surface area contributed by atoms with Crippen LogP contribution in [0.4, 0.5) is 10.5 Å². The lowest BCUT2D eigenvalue weighted by Gasteiger charge is -2.44. The number of aliphatic hydroxyl groups is 1. The number of pyridine rings is 1. The number of rotatable bonds is 3. The average Bonchev–Trinajstić information content (AvgIpc) is 3.26. The molecule has 0 saturated carbocycles. The first kappa shape index (κ1) is 24.3. The average molecular weight is 514 g/mol. The number of aliphatic hydroxyl groups excluding tert-OH is 1. The van der Waals surface area contributed by atoms with Crippen LogP contribution < -0.4 is 4.90 Å². The third-order valence-corrected chi connectivity index (χ3v) is 8.04. The molecule has 1 saturated heterocycles. The number of fused-ring (bicyclic) bond motifs is 2. The number of ether oxygens (including phenoxy) is 1. The van der Waals surface area contributed by atoms with Gasteiger partial charge in [0, 0.05) is 58.6 Å². The number of likely N-dealkylation sites (tertiary alicyclic amines) is 1. The second-order valence-electron chi connectivity index (χ2n) is 10.4. The van der Waals surface area contributed by atoms with Crippen LogP contribution in [-0.4, -0.2) is 52.4 Å². The van der Waals surface area contributed by atoms with E-state index in [-0.39, 0.29) is 18.7 Å². The van der Waals surface area contributed by atoms with Crippen LogP contribution in [0.15, 0.2) is 30.5 Å². The molecule has 5 rings (SSSR count). The van der Waals surface area contributed by atoms with Crippen molar-refractivity contribution in [3.05, 3.63) is 45.9 Å². The van der Waals surface area contributed by atoms with Gasteiger partial charge in [-0.05, 0) is 76.3 Å². The van der Waals surface area contributed by atoms with Gasteiger partial charge in [-0.3, -0.25) is 4.98 Å². The summed E-state index contributed by atoms with van der Waals surface area (Å²) in [4.78, 5) is 22.6. The molecule has 4 heterocycles. The molecule has 0 aliphatic carbocycles. The molecule has 6 nitrogen and oxygen atoms in total. The molecule has 1 unspecified atom stereocenters. The maximum atomic E-state index is 12.8. The highest BCUT2D eigenvalue weighted by molar-refractivity contribution is 7.19. The number of benzene rings is 1. The predicted molar refractivity (Wildman–Crippen MR) is 142 cm³/mol. The number of carbonyl (C=O) groups is 1. The van der Waals surface area contributed by atoms with Gasteiger partial charge in [0.15, 0.2) is 0 Å². The monoisotopic (exact) mass is 513 g/mol. The highest BCUT2D eigenvalue weighted by atomic mass is 35.5. The van der Waals surface area contributed by atoms with Crippen LogP contribution in [-0.2, 0) is 17.8 Å². The van der Waals surface area contributed by atoms with Crippen LogP contribution in [0.5, 0.6) is 0 Å². The maximum Gasteiger partial charge on any atom is 0.410 e. The predicted octanol–water partition coefficient (Wildman–Crippen LogP) is 6.26. The summed E-state index contributed by atoms with van der Waals surface area (Å²) in [6.45, 7) is 8.04. The molecule has 2 aliphatic heterocycles. The number of anilines is 1. The Labute approximate surface area is 215 Å². The number of thiophene rings is 1. The van der Waals surface area contributed by atoms with E-state index in [1.54, 1.807) is 11.3 Å². The number of piperidine rings is 1. The van der Waals surface area contributed by atoms with Crippen molar-refractivity contribution in [1.82, 2.24) is 9.88 Å². The zero-order chi connectivity index (χ0) is 24.7. The van der Waals surface area contributed by atoms with Gasteiger partial charge in [0.2, 0.25) is 0 Å². The lowest BCUT2D eigenvalue weighted by atomic mass is 9.91. The van der Waals surface area contributed by atoms with E-state index in [2.05, 4.69) is 22.0 Å². The summed E-state index contributed by atoms with van der Waals surface area (Å²) in [6, 6.07) is 8.36. The zero-order valence-corrected chi connectivity index (χ0v) is 22.1. The zero-order valence-electron chi connectivity index (χ0n) is 20.5. The molecule has 0 bridgehead atoms. The lowest BCUT2D eigenvalue weighted by Crippen LogP contribution is -2.52. The normalized spacial score (nSPS) is 18.6. The molecule has 1 amide bonds. The fourth-order valence-electron chi connectivity index (χ4n) is 5.29. The molecule has 35 heavy (non-hydrogen) atoms. The van der Waals surface area contributed by atoms with Gasteiger partial charge in [-0.25, -0.2) is 4.79 Å². The molecule has 0 radical (unpaired) electrons. The highest BCUT2D eigenvalue weighted by Gasteiger charge is 2.34. The van der Waals surface area contributed by atoms with Crippen LogP contribution >= 0.6 is 22.9 Å². The molecule has 0 spiro atoms. The van der Waals surface area contributed by atoms with Crippen LogP contribution in [0.25, 0.3) is 21.3 Å². The molecule has 2 aromatic heterocycles. The van der Waals surface area contributed by atoms with Crippen molar-refractivity contribution in [2.45, 2.75) is 64.7 Å². The minimum Gasteiger partial charge on any atom is -0.444 e. The number of aromatic nitrogens is 1. The Bertz CT molecular complexity index is 1250. The molecule has 1 N–H and O–H groups in total. The van der Waals surface area contributed by atoms with E-state index in [1.807, 2.05) is 44.0 Å². The quantitative estimate of drug-likeness (QED) is 0.447. The Kier molecular flexibility index (Phi) is 6.68. The molecule has 186 valence electrons. The molecule has 1 fully saturated rings. The molecule has 1 aromatic carbocycles. The Morgan fingerprint density at radius 1 is 1.23 bits per heavy atom. The number of nitrogens with zero attached hydrogens (tertiary/aromatic N) is 3. The first-order chi connectivity index (χ1) is 16.7. The van der Waals surface area contributed by atoms with Crippen LogP contribution in [0, 0.1) is 0 Å². The van der Waals surface area contributed by atoms with E-state index in [4.69, 9.17) is 16.3 Å². The smallest absolute Gasteiger partial charge is 0.410 e. The number of amides is 1. The van der Waals surface area contributed by atoms with Crippen molar-refractivity contribution in [2.24, 2.45) is 0 Å². The number of halogens is 1. The molecule has 1 atom stereocenters. The van der Waals surface area contributed by atoms with E-state index < -0.39 is 5.60 Å². The van der Waals surface area contributed by atoms with E-state index in [0.717, 1.165) is 70.0 Å². The Balaban J connectivity index is 1.55. The Morgan fingerprint density at radius 2 is 2.06 bits per heavy atom. The van der Waals surface area contributed by atoms with Gasteiger partial charge in [-0.1, -0.05) is 11.6 Å². The van der Waals surface area contributed by atoms with Crippen LogP contribution in [0.3, 0.4) is 0 Å². The van der Waals surface area contributed by atoms with E-state index >= 15 is 0 Å². The van der Waals surface area contributed by atoms with Crippen molar-refractivity contribution in [3.8, 4) is 11.1 Å². The van der Waals surface area contributed by atoms with Crippen LogP contribution in [0.1, 0.15) is 50.5 Å². The first-order valence-electron chi connectivity index (χ1n) is 12.3. The fourth-order valence-corrected chi connectivity index (χ4v) is 6.53. The second-order valence-corrected chi connectivity index (χ2v) is 12.0. The maximum absolute atomic E-state index is 12.8. The summed E-state index contributed by atoms with van der Waals surface area (Å²) < 4.78 is 6.74. The van der Waals surface area contributed by atoms with Crippen molar-refractivity contribution < 1.29 is 14.6 Å². The number of carbonyl (C=O) groups excluding carboxylic acids is 1. The SMILES string of the molecule is CC(C)(C)OC(=O)N1CCCC(N2CCCc3cc(Cl)cc(-c4ccnc5cc(CO)sc45)c32)C1. The van der Waals surface area contributed by atoms with Gasteiger partial charge in [-0.2, -0.15) is 0 Å². The minimum absolute atomic E-state index is 0.00280. The van der Waals surface area contributed by atoms with Gasteiger partial charge in [0.1, 0.15) is 5.60 Å². The summed E-state index contributed by atoms with van der Waals surface area (Å²) >= 11 is 8.21. The largest absolute Gasteiger partial charge is 0.444 e. The summed E-state index contributed by atoms with van der Waals surface area (Å²) in [7, 11) is 0. The van der Waals surface area contributed by atoms with E-state index in [1.165, 1.54) is 11.3 Å². The highest BCUT2D eigenvalue weighted by Crippen LogP contribution is 2.44. The van der Waals surface area contributed by atoms with Crippen molar-refractivity contribution >= 4 is 44.9 Å². The Morgan fingerprint density at radius 3 is 2.83 bits per heavy atom. The van der Waals surface area contributed by atoms with Gasteiger partial charge in [-0.15, -0.1) is 11.3 Å². The van der Waals surface area contributed by atoms with E-state index in [0.29, 0.717) is 6.54 Å². The second kappa shape index (κ2) is 9.60. The standard InChI is InChI=1S/C27H32ClN3O3S/c1-27(2,3)34-26(33)30-10-5-7-19(15-30)31-11-4-6-17-12-18(28)13-22(24(17)31)21-8-9-29-23-14-20(16-32)35-25(21)23/h8-9,12-14,19,32H,4-7,10-11,15-16H2,1-3H3.